The van der Waals surface area contributed by atoms with Gasteiger partial charge in [-0.05, 0) is 89.9 Å². The van der Waals surface area contributed by atoms with Crippen molar-refractivity contribution in [2.45, 2.75) is 180 Å². The molecule has 0 aromatic heterocycles. The summed E-state index contributed by atoms with van der Waals surface area (Å²) in [4.78, 5) is 37.2. The molecule has 0 saturated carbocycles. The number of aliphatic carboxylic acids is 1. The number of carbonyl (C=O) groups excluding carboxylic acids is 2. The third-order valence-corrected chi connectivity index (χ3v) is 9.84. The highest BCUT2D eigenvalue weighted by molar-refractivity contribution is 5.71. The number of quaternary nitrogens is 1. The minimum absolute atomic E-state index is 0.175. The second-order valence-corrected chi connectivity index (χ2v) is 17.0. The van der Waals surface area contributed by atoms with Gasteiger partial charge in [-0.2, -0.15) is 0 Å². The van der Waals surface area contributed by atoms with Crippen molar-refractivity contribution in [2.75, 3.05) is 47.5 Å². The van der Waals surface area contributed by atoms with E-state index in [2.05, 4.69) is 111 Å². The van der Waals surface area contributed by atoms with Gasteiger partial charge in [0.15, 0.2) is 6.10 Å². The van der Waals surface area contributed by atoms with Gasteiger partial charge in [0.25, 0.3) is 6.29 Å². The molecule has 0 saturated heterocycles. The van der Waals surface area contributed by atoms with Crippen LogP contribution in [0.4, 0.5) is 0 Å². The van der Waals surface area contributed by atoms with E-state index in [0.29, 0.717) is 23.9 Å². The fourth-order valence-electron chi connectivity index (χ4n) is 6.11. The largest absolute Gasteiger partial charge is 0.477 e. The van der Waals surface area contributed by atoms with Crippen molar-refractivity contribution in [1.29, 1.82) is 0 Å². The van der Waals surface area contributed by atoms with Crippen LogP contribution in [0.25, 0.3) is 0 Å². The number of hydrogen-bond acceptors (Lipinski definition) is 7. The molecule has 0 aromatic rings. The number of nitrogens with zero attached hydrogens (tertiary/aromatic N) is 1. The second kappa shape index (κ2) is 44.8. The number of likely N-dealkylation sites (N-methyl/N-ethyl adjacent to an activating group) is 1. The highest BCUT2D eigenvalue weighted by atomic mass is 16.7. The molecule has 0 amide bonds. The Kier molecular flexibility index (Phi) is 42.1. The van der Waals surface area contributed by atoms with E-state index in [1.807, 2.05) is 21.1 Å². The summed E-state index contributed by atoms with van der Waals surface area (Å²) in [5.41, 5.74) is 0. The minimum atomic E-state index is -1.53. The van der Waals surface area contributed by atoms with E-state index in [0.717, 1.165) is 89.9 Å². The van der Waals surface area contributed by atoms with E-state index in [4.69, 9.17) is 18.9 Å². The standard InChI is InChI=1S/C54H89NO8/c1-6-8-10-12-14-16-18-20-22-23-24-25-26-27-28-29-31-33-35-37-39-41-43-45-52(57)63-50(49-62-54(53(58)59)60-47-46-55(3,4)5)48-61-51(56)44-42-40-38-36-34-32-30-21-19-17-15-13-11-9-7-2/h8-11,14-17,20-22,24-25,30,34,36,50,54H,6-7,12-13,18-19,23,26-29,31-33,35,37-49H2,1-5H3/p+1/b10-8-,11-9-,16-14-,17-15-,22-20-,25-24-,30-21-,36-34-. The van der Waals surface area contributed by atoms with E-state index in [9.17, 15) is 19.5 Å². The first-order valence-electron chi connectivity index (χ1n) is 24.4. The SMILES string of the molecule is CC/C=C\C/C=C\C/C=C\C/C=C\CCCCCCCCCCCCC(=O)OC(COC(=O)CCCC/C=C\C/C=C\C/C=C\C/C=C\CC)COC(OCC[N+](C)(C)C)C(=O)O. The van der Waals surface area contributed by atoms with E-state index in [1.165, 1.54) is 38.5 Å². The molecule has 0 rings (SSSR count). The molecule has 0 fully saturated rings. The average Bonchev–Trinajstić information content (AvgIpc) is 3.24. The smallest absolute Gasteiger partial charge is 0.361 e. The predicted molar refractivity (Wildman–Crippen MR) is 262 cm³/mol. The van der Waals surface area contributed by atoms with Crippen LogP contribution in [-0.2, 0) is 33.3 Å². The van der Waals surface area contributed by atoms with Crippen LogP contribution in [0.1, 0.15) is 168 Å². The Labute approximate surface area is 384 Å². The summed E-state index contributed by atoms with van der Waals surface area (Å²) in [6, 6.07) is 0. The van der Waals surface area contributed by atoms with Gasteiger partial charge in [-0.1, -0.05) is 162 Å². The van der Waals surface area contributed by atoms with Gasteiger partial charge < -0.3 is 28.5 Å². The zero-order valence-electron chi connectivity index (χ0n) is 40.4. The van der Waals surface area contributed by atoms with E-state index in [1.54, 1.807) is 0 Å². The first-order valence-corrected chi connectivity index (χ1v) is 24.4. The molecule has 0 aliphatic carbocycles. The Morgan fingerprint density at radius 2 is 0.857 bits per heavy atom. The number of rotatable bonds is 43. The van der Waals surface area contributed by atoms with Crippen LogP contribution < -0.4 is 0 Å². The van der Waals surface area contributed by atoms with Crippen LogP contribution in [0.5, 0.6) is 0 Å². The van der Waals surface area contributed by atoms with Crippen molar-refractivity contribution < 1.29 is 42.9 Å². The molecule has 2 unspecified atom stereocenters. The Morgan fingerprint density at radius 3 is 1.30 bits per heavy atom. The summed E-state index contributed by atoms with van der Waals surface area (Å²) in [5.74, 6) is -2.08. The van der Waals surface area contributed by atoms with Gasteiger partial charge in [-0.25, -0.2) is 4.79 Å². The lowest BCUT2D eigenvalue weighted by molar-refractivity contribution is -0.870. The topological polar surface area (TPSA) is 108 Å². The quantitative estimate of drug-likeness (QED) is 0.0212. The van der Waals surface area contributed by atoms with E-state index < -0.39 is 30.3 Å². The van der Waals surface area contributed by atoms with Gasteiger partial charge in [0.05, 0.1) is 34.4 Å². The number of carbonyl (C=O) groups is 3. The van der Waals surface area contributed by atoms with Crippen molar-refractivity contribution in [3.05, 3.63) is 97.2 Å². The predicted octanol–water partition coefficient (Wildman–Crippen LogP) is 13.4. The van der Waals surface area contributed by atoms with Gasteiger partial charge in [0, 0.05) is 12.8 Å². The maximum atomic E-state index is 12.8. The summed E-state index contributed by atoms with van der Waals surface area (Å²) in [6.45, 7) is 4.57. The highest BCUT2D eigenvalue weighted by Crippen LogP contribution is 2.14. The van der Waals surface area contributed by atoms with Crippen LogP contribution in [-0.4, -0.2) is 87.4 Å². The highest BCUT2D eigenvalue weighted by Gasteiger charge is 2.25. The second-order valence-electron chi connectivity index (χ2n) is 17.0. The number of carboxylic acid groups (broad SMARTS) is 1. The van der Waals surface area contributed by atoms with Gasteiger partial charge in [0.1, 0.15) is 13.2 Å². The molecule has 2 atom stereocenters. The molecule has 0 radical (unpaired) electrons. The number of unbranched alkanes of at least 4 members (excludes halogenated alkanes) is 12. The molecule has 63 heavy (non-hydrogen) atoms. The van der Waals surface area contributed by atoms with Crippen molar-refractivity contribution in [3.8, 4) is 0 Å². The maximum Gasteiger partial charge on any atom is 0.361 e. The van der Waals surface area contributed by atoms with E-state index in [-0.39, 0.29) is 32.7 Å². The molecular weight excluding hydrogens is 791 g/mol. The summed E-state index contributed by atoms with van der Waals surface area (Å²) in [7, 11) is 5.93. The van der Waals surface area contributed by atoms with Gasteiger partial charge in [-0.15, -0.1) is 0 Å². The average molecular weight is 881 g/mol. The van der Waals surface area contributed by atoms with E-state index >= 15 is 0 Å². The van der Waals surface area contributed by atoms with Crippen LogP contribution in [0, 0.1) is 0 Å². The lowest BCUT2D eigenvalue weighted by Gasteiger charge is -2.25. The maximum absolute atomic E-state index is 12.8. The lowest BCUT2D eigenvalue weighted by atomic mass is 10.0. The summed E-state index contributed by atoms with van der Waals surface area (Å²) < 4.78 is 22.7. The number of esters is 2. The fourth-order valence-corrected chi connectivity index (χ4v) is 6.11. The number of hydrogen-bond donors (Lipinski definition) is 1. The minimum Gasteiger partial charge on any atom is -0.477 e. The van der Waals surface area contributed by atoms with Crippen molar-refractivity contribution in [1.82, 2.24) is 0 Å². The molecular formula is C54H90NO8+. The Bertz CT molecular complexity index is 1350. The monoisotopic (exact) mass is 881 g/mol. The Hall–Kier alpha value is -3.79. The summed E-state index contributed by atoms with van der Waals surface area (Å²) in [6.07, 6.45) is 56.2. The number of allylic oxidation sites excluding steroid dienone is 16. The lowest BCUT2D eigenvalue weighted by Crippen LogP contribution is -2.40. The third-order valence-electron chi connectivity index (χ3n) is 9.84. The van der Waals surface area contributed by atoms with Crippen LogP contribution >= 0.6 is 0 Å². The molecule has 0 heterocycles. The van der Waals surface area contributed by atoms with Crippen molar-refractivity contribution >= 4 is 17.9 Å². The zero-order valence-corrected chi connectivity index (χ0v) is 40.4. The number of carboxylic acids is 1. The molecule has 0 aromatic carbocycles. The van der Waals surface area contributed by atoms with Gasteiger partial charge in [-0.3, -0.25) is 9.59 Å². The molecule has 9 heteroatoms. The fraction of sp³-hybridized carbons (Fsp3) is 0.648. The normalized spacial score (nSPS) is 13.7. The van der Waals surface area contributed by atoms with Crippen LogP contribution in [0.2, 0.25) is 0 Å². The zero-order chi connectivity index (χ0) is 46.3. The number of ether oxygens (including phenoxy) is 4. The molecule has 0 bridgehead atoms. The Morgan fingerprint density at radius 1 is 0.476 bits per heavy atom. The first-order chi connectivity index (χ1) is 30.6. The molecule has 1 N–H and O–H groups in total. The van der Waals surface area contributed by atoms with Crippen LogP contribution in [0.3, 0.4) is 0 Å². The van der Waals surface area contributed by atoms with Gasteiger partial charge >= 0.3 is 17.9 Å². The molecule has 9 nitrogen and oxygen atoms in total. The summed E-state index contributed by atoms with van der Waals surface area (Å²) in [5, 5.41) is 9.66. The molecule has 0 spiro atoms. The third kappa shape index (κ3) is 46.0. The van der Waals surface area contributed by atoms with Crippen molar-refractivity contribution in [3.63, 3.8) is 0 Å². The van der Waals surface area contributed by atoms with Crippen molar-refractivity contribution in [2.24, 2.45) is 0 Å². The van der Waals surface area contributed by atoms with Crippen LogP contribution in [0.15, 0.2) is 97.2 Å². The first kappa shape index (κ1) is 59.2. The van der Waals surface area contributed by atoms with Gasteiger partial charge in [0.2, 0.25) is 0 Å². The molecule has 358 valence electrons. The molecule has 0 aliphatic rings. The summed E-state index contributed by atoms with van der Waals surface area (Å²) >= 11 is 0. The Balaban J connectivity index is 4.42. The molecule has 0 aliphatic heterocycles.